The van der Waals surface area contributed by atoms with Crippen LogP contribution < -0.4 is 10.4 Å². The van der Waals surface area contributed by atoms with Crippen LogP contribution in [0.15, 0.2) is 60.7 Å². The summed E-state index contributed by atoms with van der Waals surface area (Å²) < 4.78 is 6.83. The first kappa shape index (κ1) is 15.8. The van der Waals surface area contributed by atoms with Crippen LogP contribution >= 0.6 is 11.8 Å². The molecular weight excluding hydrogens is 304 g/mol. The lowest BCUT2D eigenvalue weighted by molar-refractivity contribution is 0.0976. The van der Waals surface area contributed by atoms with Crippen molar-refractivity contribution in [1.29, 1.82) is 0 Å². The van der Waals surface area contributed by atoms with Gasteiger partial charge in [0.1, 0.15) is 0 Å². The summed E-state index contributed by atoms with van der Waals surface area (Å²) in [4.78, 5) is 0. The fraction of sp³-hybridized carbons (Fsp3) is 0.368. The van der Waals surface area contributed by atoms with E-state index in [1.165, 1.54) is 16.1 Å². The van der Waals surface area contributed by atoms with Crippen LogP contribution in [0.2, 0.25) is 0 Å². The Morgan fingerprint density at radius 3 is 1.77 bits per heavy atom. The average Bonchev–Trinajstić information content (AvgIpc) is 3.33. The number of hydrogen-bond donors (Lipinski definition) is 0. The monoisotopic (exact) mass is 328 g/mol. The van der Waals surface area contributed by atoms with Crippen LogP contribution in [-0.2, 0) is 4.43 Å². The first-order valence-electron chi connectivity index (χ1n) is 7.92. The Kier molecular flexibility index (Phi) is 4.76. The van der Waals surface area contributed by atoms with Crippen molar-refractivity contribution in [2.45, 2.75) is 32.1 Å². The maximum Gasteiger partial charge on any atom is 0.240 e. The second kappa shape index (κ2) is 6.61. The Bertz CT molecular complexity index is 550. The molecule has 116 valence electrons. The van der Waals surface area contributed by atoms with Gasteiger partial charge < -0.3 is 4.43 Å². The second-order valence-electron chi connectivity index (χ2n) is 7.00. The van der Waals surface area contributed by atoms with E-state index in [-0.39, 0.29) is 5.41 Å². The molecule has 0 N–H and O–H groups in total. The first-order valence-corrected chi connectivity index (χ1v) is 10.6. The van der Waals surface area contributed by atoms with Gasteiger partial charge in [0.2, 0.25) is 9.04 Å². The fourth-order valence-corrected chi connectivity index (χ4v) is 6.61. The SMILES string of the molecule is CC(C)(C)C(O[SiH](c1ccccc1)c1ccccc1)[C@H]1CS1. The molecule has 2 atom stereocenters. The highest BCUT2D eigenvalue weighted by Crippen LogP contribution is 2.42. The molecule has 1 fully saturated rings. The van der Waals surface area contributed by atoms with Gasteiger partial charge in [-0.3, -0.25) is 0 Å². The Balaban J connectivity index is 1.92. The van der Waals surface area contributed by atoms with Crippen LogP contribution in [-0.4, -0.2) is 26.1 Å². The number of hydrogen-bond acceptors (Lipinski definition) is 2. The van der Waals surface area contributed by atoms with Gasteiger partial charge in [0.25, 0.3) is 0 Å². The normalized spacial score (nSPS) is 19.2. The molecule has 0 radical (unpaired) electrons. The molecule has 2 aromatic rings. The van der Waals surface area contributed by atoms with Crippen molar-refractivity contribution < 1.29 is 4.43 Å². The van der Waals surface area contributed by atoms with Gasteiger partial charge in [-0.1, -0.05) is 81.4 Å². The van der Waals surface area contributed by atoms with Crippen LogP contribution in [0, 0.1) is 5.41 Å². The maximum atomic E-state index is 6.83. The lowest BCUT2D eigenvalue weighted by Gasteiger charge is -2.34. The van der Waals surface area contributed by atoms with E-state index in [0.29, 0.717) is 11.4 Å². The fourth-order valence-electron chi connectivity index (χ4n) is 2.83. The minimum atomic E-state index is -1.64. The smallest absolute Gasteiger partial charge is 0.240 e. The molecule has 0 amide bonds. The Morgan fingerprint density at radius 2 is 1.41 bits per heavy atom. The number of rotatable bonds is 5. The van der Waals surface area contributed by atoms with Crippen molar-refractivity contribution in [3.8, 4) is 0 Å². The highest BCUT2D eigenvalue weighted by molar-refractivity contribution is 8.07. The third kappa shape index (κ3) is 3.83. The van der Waals surface area contributed by atoms with Gasteiger partial charge in [0, 0.05) is 11.0 Å². The van der Waals surface area contributed by atoms with E-state index in [9.17, 15) is 0 Å². The van der Waals surface area contributed by atoms with Crippen molar-refractivity contribution in [3.05, 3.63) is 60.7 Å². The van der Waals surface area contributed by atoms with Crippen LogP contribution in [0.3, 0.4) is 0 Å². The second-order valence-corrected chi connectivity index (χ2v) is 10.6. The highest BCUT2D eigenvalue weighted by atomic mass is 32.2. The molecule has 1 unspecified atom stereocenters. The lowest BCUT2D eigenvalue weighted by Crippen LogP contribution is -2.51. The van der Waals surface area contributed by atoms with Gasteiger partial charge in [-0.2, -0.15) is 11.8 Å². The quantitative estimate of drug-likeness (QED) is 0.616. The number of thioether (sulfide) groups is 1. The molecule has 0 aromatic heterocycles. The summed E-state index contributed by atoms with van der Waals surface area (Å²) in [5, 5.41) is 3.41. The summed E-state index contributed by atoms with van der Waals surface area (Å²) in [6.45, 7) is 6.91. The summed E-state index contributed by atoms with van der Waals surface area (Å²) in [5.41, 5.74) is 0.184. The third-order valence-electron chi connectivity index (χ3n) is 4.04. The molecule has 1 nitrogen and oxygen atoms in total. The molecule has 22 heavy (non-hydrogen) atoms. The molecule has 0 saturated carbocycles. The van der Waals surface area contributed by atoms with Gasteiger partial charge in [-0.15, -0.1) is 0 Å². The van der Waals surface area contributed by atoms with E-state index in [1.807, 2.05) is 11.8 Å². The van der Waals surface area contributed by atoms with E-state index >= 15 is 0 Å². The minimum absolute atomic E-state index is 0.184. The average molecular weight is 329 g/mol. The molecule has 0 spiro atoms. The van der Waals surface area contributed by atoms with Crippen molar-refractivity contribution in [3.63, 3.8) is 0 Å². The molecule has 1 aliphatic rings. The highest BCUT2D eigenvalue weighted by Gasteiger charge is 2.42. The van der Waals surface area contributed by atoms with Crippen molar-refractivity contribution >= 4 is 31.2 Å². The van der Waals surface area contributed by atoms with Crippen molar-refractivity contribution in [2.24, 2.45) is 5.41 Å². The molecule has 3 rings (SSSR count). The molecule has 0 aliphatic carbocycles. The molecule has 3 heteroatoms. The van der Waals surface area contributed by atoms with E-state index < -0.39 is 9.04 Å². The van der Waals surface area contributed by atoms with Crippen molar-refractivity contribution in [2.75, 3.05) is 5.75 Å². The van der Waals surface area contributed by atoms with Gasteiger partial charge in [0.15, 0.2) is 0 Å². The standard InChI is InChI=1S/C19H24OSSi/c1-19(2,3)18(17-14-21-17)20-22(15-10-6-4-7-11-15)16-12-8-5-9-13-16/h4-13,17-18,22H,14H2,1-3H3/t17-,18?/m1/s1. The third-order valence-corrected chi connectivity index (χ3v) is 7.55. The topological polar surface area (TPSA) is 9.23 Å². The van der Waals surface area contributed by atoms with Gasteiger partial charge >= 0.3 is 0 Å². The predicted octanol–water partition coefficient (Wildman–Crippen LogP) is 3.07. The zero-order valence-corrected chi connectivity index (χ0v) is 15.5. The van der Waals surface area contributed by atoms with Crippen LogP contribution in [0.5, 0.6) is 0 Å². The summed E-state index contributed by atoms with van der Waals surface area (Å²) in [7, 11) is -1.64. The van der Waals surface area contributed by atoms with E-state index in [2.05, 4.69) is 81.4 Å². The Labute approximate surface area is 139 Å². The minimum Gasteiger partial charge on any atom is -0.406 e. The zero-order valence-electron chi connectivity index (χ0n) is 13.5. The Morgan fingerprint density at radius 1 is 0.955 bits per heavy atom. The van der Waals surface area contributed by atoms with E-state index in [4.69, 9.17) is 4.43 Å². The summed E-state index contributed by atoms with van der Waals surface area (Å²) in [6.07, 6.45) is 0.328. The summed E-state index contributed by atoms with van der Waals surface area (Å²) in [6, 6.07) is 21.6. The largest absolute Gasteiger partial charge is 0.406 e. The van der Waals surface area contributed by atoms with Gasteiger partial charge in [-0.05, 0) is 15.8 Å². The van der Waals surface area contributed by atoms with Gasteiger partial charge in [-0.25, -0.2) is 0 Å². The van der Waals surface area contributed by atoms with Crippen LogP contribution in [0.25, 0.3) is 0 Å². The number of benzene rings is 2. The van der Waals surface area contributed by atoms with Crippen LogP contribution in [0.4, 0.5) is 0 Å². The van der Waals surface area contributed by atoms with E-state index in [0.717, 1.165) is 0 Å². The molecule has 1 heterocycles. The van der Waals surface area contributed by atoms with Gasteiger partial charge in [0.05, 0.1) is 6.10 Å². The molecule has 1 aliphatic heterocycles. The zero-order chi connectivity index (χ0) is 15.6. The molecule has 0 bridgehead atoms. The first-order chi connectivity index (χ1) is 10.6. The predicted molar refractivity (Wildman–Crippen MR) is 99.9 cm³/mol. The van der Waals surface area contributed by atoms with Crippen molar-refractivity contribution in [1.82, 2.24) is 0 Å². The molecular formula is C19H24OSSi. The van der Waals surface area contributed by atoms with Crippen LogP contribution in [0.1, 0.15) is 20.8 Å². The molecule has 2 aromatic carbocycles. The summed E-state index contributed by atoms with van der Waals surface area (Å²) in [5.74, 6) is 1.24. The lowest BCUT2D eigenvalue weighted by atomic mass is 9.88. The summed E-state index contributed by atoms with van der Waals surface area (Å²) >= 11 is 2.03. The van der Waals surface area contributed by atoms with E-state index in [1.54, 1.807) is 0 Å². The molecule has 1 saturated heterocycles. The Hall–Kier alpha value is -1.03. The maximum absolute atomic E-state index is 6.83.